The third-order valence-electron chi connectivity index (χ3n) is 7.69. The minimum absolute atomic E-state index is 0.0373. The second-order valence-corrected chi connectivity index (χ2v) is 10.6. The van der Waals surface area contributed by atoms with Crippen LogP contribution in [0.2, 0.25) is 0 Å². The van der Waals surface area contributed by atoms with Gasteiger partial charge in [0.05, 0.1) is 5.56 Å². The highest BCUT2D eigenvalue weighted by atomic mass is 16.5. The van der Waals surface area contributed by atoms with Crippen LogP contribution in [0.15, 0.2) is 72.8 Å². The standard InChI is InChI=1S/C33H40O4/c1-8-23(4)30(34)24-11-13-25(14-12-24)31(35)36-28-19-15-26(16-20-28)32(5,6)27-17-21-29(22-18-27)37-33(7,9-2)10-3/h11-23H,8-10H2,1-7H3. The summed E-state index contributed by atoms with van der Waals surface area (Å²) in [4.78, 5) is 25.0. The van der Waals surface area contributed by atoms with E-state index >= 15 is 0 Å². The van der Waals surface area contributed by atoms with Gasteiger partial charge in [-0.1, -0.05) is 77.9 Å². The van der Waals surface area contributed by atoms with Gasteiger partial charge in [-0.2, -0.15) is 0 Å². The lowest BCUT2D eigenvalue weighted by Crippen LogP contribution is -2.30. The van der Waals surface area contributed by atoms with Gasteiger partial charge in [0.25, 0.3) is 0 Å². The van der Waals surface area contributed by atoms with Crippen molar-refractivity contribution in [1.82, 2.24) is 0 Å². The van der Waals surface area contributed by atoms with Gasteiger partial charge >= 0.3 is 5.97 Å². The van der Waals surface area contributed by atoms with E-state index in [-0.39, 0.29) is 22.7 Å². The number of carbonyl (C=O) groups excluding carboxylic acids is 2. The molecule has 0 saturated heterocycles. The first-order valence-electron chi connectivity index (χ1n) is 13.3. The Bertz CT molecular complexity index is 1180. The lowest BCUT2D eigenvalue weighted by Gasteiger charge is -2.30. The molecule has 0 N–H and O–H groups in total. The molecule has 0 radical (unpaired) electrons. The lowest BCUT2D eigenvalue weighted by molar-refractivity contribution is 0.0733. The number of ether oxygens (including phenoxy) is 2. The van der Waals surface area contributed by atoms with Gasteiger partial charge in [0.2, 0.25) is 0 Å². The predicted octanol–water partition coefficient (Wildman–Crippen LogP) is 8.42. The highest BCUT2D eigenvalue weighted by Crippen LogP contribution is 2.34. The van der Waals surface area contributed by atoms with Crippen molar-refractivity contribution in [3.63, 3.8) is 0 Å². The van der Waals surface area contributed by atoms with Crippen LogP contribution in [0.1, 0.15) is 99.6 Å². The summed E-state index contributed by atoms with van der Waals surface area (Å²) in [5.74, 6) is 0.959. The van der Waals surface area contributed by atoms with Gasteiger partial charge in [-0.05, 0) is 73.7 Å². The highest BCUT2D eigenvalue weighted by molar-refractivity contribution is 5.99. The second-order valence-electron chi connectivity index (χ2n) is 10.6. The summed E-state index contributed by atoms with van der Waals surface area (Å²) in [5.41, 5.74) is 2.92. The van der Waals surface area contributed by atoms with Crippen molar-refractivity contribution >= 4 is 11.8 Å². The van der Waals surface area contributed by atoms with Crippen LogP contribution >= 0.6 is 0 Å². The molecule has 3 aromatic carbocycles. The third kappa shape index (κ3) is 6.68. The zero-order valence-electron chi connectivity index (χ0n) is 23.3. The Balaban J connectivity index is 1.68. The number of esters is 1. The van der Waals surface area contributed by atoms with Crippen molar-refractivity contribution in [1.29, 1.82) is 0 Å². The second kappa shape index (κ2) is 11.8. The first-order valence-corrected chi connectivity index (χ1v) is 13.3. The van der Waals surface area contributed by atoms with E-state index in [4.69, 9.17) is 9.47 Å². The number of hydrogen-bond acceptors (Lipinski definition) is 4. The number of carbonyl (C=O) groups is 2. The Morgan fingerprint density at radius 3 is 1.62 bits per heavy atom. The minimum atomic E-state index is -0.448. The molecule has 4 nitrogen and oxygen atoms in total. The maximum atomic E-state index is 12.6. The van der Waals surface area contributed by atoms with E-state index in [1.54, 1.807) is 24.3 Å². The zero-order chi connectivity index (χ0) is 27.2. The number of Topliss-reactive ketones (excluding diaryl/α,β-unsaturated/α-hetero) is 1. The third-order valence-corrected chi connectivity index (χ3v) is 7.69. The molecule has 4 heteroatoms. The molecule has 3 rings (SSSR count). The fourth-order valence-electron chi connectivity index (χ4n) is 4.13. The fourth-order valence-corrected chi connectivity index (χ4v) is 4.13. The Hall–Kier alpha value is -3.40. The number of rotatable bonds is 11. The summed E-state index contributed by atoms with van der Waals surface area (Å²) in [6.07, 6.45) is 2.69. The van der Waals surface area contributed by atoms with Crippen LogP contribution in [0.4, 0.5) is 0 Å². The van der Waals surface area contributed by atoms with Crippen molar-refractivity contribution in [2.75, 3.05) is 0 Å². The van der Waals surface area contributed by atoms with Crippen molar-refractivity contribution < 1.29 is 19.1 Å². The first kappa shape index (κ1) is 28.2. The summed E-state index contributed by atoms with van der Waals surface area (Å²) in [6.45, 7) is 14.7. The van der Waals surface area contributed by atoms with Crippen LogP contribution in [0.5, 0.6) is 11.5 Å². The molecule has 0 bridgehead atoms. The maximum Gasteiger partial charge on any atom is 0.343 e. The topological polar surface area (TPSA) is 52.6 Å². The van der Waals surface area contributed by atoms with Gasteiger partial charge in [-0.15, -0.1) is 0 Å². The van der Waals surface area contributed by atoms with Crippen molar-refractivity contribution in [3.05, 3.63) is 95.1 Å². The Morgan fingerprint density at radius 2 is 1.16 bits per heavy atom. The molecule has 196 valence electrons. The molecule has 1 atom stereocenters. The molecule has 0 aromatic heterocycles. The van der Waals surface area contributed by atoms with E-state index in [0.717, 1.165) is 30.6 Å². The molecule has 0 aliphatic heterocycles. The number of hydrogen-bond donors (Lipinski definition) is 0. The van der Waals surface area contributed by atoms with Crippen molar-refractivity contribution in [2.24, 2.45) is 5.92 Å². The molecule has 0 aliphatic carbocycles. The summed E-state index contributed by atoms with van der Waals surface area (Å²) in [5, 5.41) is 0. The molecular weight excluding hydrogens is 460 g/mol. The van der Waals surface area contributed by atoms with Crippen LogP contribution in [-0.2, 0) is 5.41 Å². The van der Waals surface area contributed by atoms with Crippen LogP contribution in [0.25, 0.3) is 0 Å². The first-order chi connectivity index (χ1) is 17.5. The maximum absolute atomic E-state index is 12.6. The Labute approximate surface area is 222 Å². The molecule has 0 amide bonds. The van der Waals surface area contributed by atoms with Crippen molar-refractivity contribution in [3.8, 4) is 11.5 Å². The van der Waals surface area contributed by atoms with E-state index in [9.17, 15) is 9.59 Å². The largest absolute Gasteiger partial charge is 0.488 e. The zero-order valence-corrected chi connectivity index (χ0v) is 23.3. The van der Waals surface area contributed by atoms with E-state index in [2.05, 4.69) is 46.8 Å². The summed E-state index contributed by atoms with van der Waals surface area (Å²) < 4.78 is 11.8. The number of ketones is 1. The Morgan fingerprint density at radius 1 is 0.703 bits per heavy atom. The molecule has 0 heterocycles. The average molecular weight is 501 g/mol. The van der Waals surface area contributed by atoms with Gasteiger partial charge in [0.15, 0.2) is 5.78 Å². The van der Waals surface area contributed by atoms with Gasteiger partial charge in [0, 0.05) is 16.9 Å². The number of benzene rings is 3. The minimum Gasteiger partial charge on any atom is -0.488 e. The fraction of sp³-hybridized carbons (Fsp3) is 0.394. The van der Waals surface area contributed by atoms with Gasteiger partial charge in [0.1, 0.15) is 17.1 Å². The molecular formula is C33H40O4. The molecule has 0 fully saturated rings. The van der Waals surface area contributed by atoms with Crippen LogP contribution < -0.4 is 9.47 Å². The smallest absolute Gasteiger partial charge is 0.343 e. The van der Waals surface area contributed by atoms with Crippen molar-refractivity contribution in [2.45, 2.75) is 78.7 Å². The molecule has 3 aromatic rings. The molecule has 1 unspecified atom stereocenters. The summed E-state index contributed by atoms with van der Waals surface area (Å²) >= 11 is 0. The summed E-state index contributed by atoms with van der Waals surface area (Å²) in [7, 11) is 0. The monoisotopic (exact) mass is 500 g/mol. The van der Waals surface area contributed by atoms with Crippen LogP contribution in [-0.4, -0.2) is 17.4 Å². The SMILES string of the molecule is CCC(C)C(=O)c1ccc(C(=O)Oc2ccc(C(C)(C)c3ccc(OC(C)(CC)CC)cc3)cc2)cc1. The van der Waals surface area contributed by atoms with Crippen LogP contribution in [0, 0.1) is 5.92 Å². The Kier molecular flexibility index (Phi) is 8.96. The van der Waals surface area contributed by atoms with E-state index < -0.39 is 5.97 Å². The van der Waals surface area contributed by atoms with E-state index in [1.165, 1.54) is 5.56 Å². The van der Waals surface area contributed by atoms with E-state index in [0.29, 0.717) is 16.9 Å². The normalized spacial score (nSPS) is 12.6. The lowest BCUT2D eigenvalue weighted by atomic mass is 9.78. The van der Waals surface area contributed by atoms with Gasteiger partial charge in [-0.3, -0.25) is 4.79 Å². The quantitative estimate of drug-likeness (QED) is 0.151. The molecule has 0 saturated carbocycles. The molecule has 0 aliphatic rings. The average Bonchev–Trinajstić information content (AvgIpc) is 2.92. The highest BCUT2D eigenvalue weighted by Gasteiger charge is 2.25. The van der Waals surface area contributed by atoms with Gasteiger partial charge < -0.3 is 9.47 Å². The molecule has 0 spiro atoms. The molecule has 37 heavy (non-hydrogen) atoms. The summed E-state index contributed by atoms with van der Waals surface area (Å²) in [6, 6.07) is 22.6. The van der Waals surface area contributed by atoms with Gasteiger partial charge in [-0.25, -0.2) is 4.79 Å². The van der Waals surface area contributed by atoms with Crippen LogP contribution in [0.3, 0.4) is 0 Å². The predicted molar refractivity (Wildman–Crippen MR) is 150 cm³/mol. The van der Waals surface area contributed by atoms with E-state index in [1.807, 2.05) is 50.2 Å².